The predicted molar refractivity (Wildman–Crippen MR) is 65.7 cm³/mol. The summed E-state index contributed by atoms with van der Waals surface area (Å²) in [5, 5.41) is 3.25. The number of hydrogen-bond acceptors (Lipinski definition) is 6. The minimum Gasteiger partial charge on any atom is -0.481 e. The molecule has 2 rings (SSSR count). The molecule has 6 nitrogen and oxygen atoms in total. The first-order chi connectivity index (χ1) is 8.83. The van der Waals surface area contributed by atoms with Gasteiger partial charge in [0.25, 0.3) is 0 Å². The van der Waals surface area contributed by atoms with Gasteiger partial charge in [0.1, 0.15) is 6.33 Å². The van der Waals surface area contributed by atoms with Crippen LogP contribution in [0.5, 0.6) is 5.88 Å². The van der Waals surface area contributed by atoms with Gasteiger partial charge in [0.05, 0.1) is 33.0 Å². The first-order valence-electron chi connectivity index (χ1n) is 6.05. The van der Waals surface area contributed by atoms with Crippen molar-refractivity contribution < 1.29 is 14.2 Å². The molecule has 2 atom stereocenters. The third-order valence-corrected chi connectivity index (χ3v) is 3.00. The summed E-state index contributed by atoms with van der Waals surface area (Å²) in [7, 11) is 3.51. The maximum absolute atomic E-state index is 5.70. The number of ether oxygens (including phenoxy) is 3. The van der Waals surface area contributed by atoms with Crippen LogP contribution in [0, 0.1) is 0 Å². The van der Waals surface area contributed by atoms with Crippen molar-refractivity contribution in [3.05, 3.63) is 18.1 Å². The molecule has 0 aromatic carbocycles. The molecule has 1 fully saturated rings. The zero-order chi connectivity index (χ0) is 12.8. The summed E-state index contributed by atoms with van der Waals surface area (Å²) in [5.74, 6) is 0.579. The van der Waals surface area contributed by atoms with Crippen molar-refractivity contribution in [2.75, 3.05) is 34.0 Å². The Morgan fingerprint density at radius 3 is 3.06 bits per heavy atom. The van der Waals surface area contributed by atoms with E-state index in [1.54, 1.807) is 7.11 Å². The number of aromatic nitrogens is 2. The normalized spacial score (nSPS) is 21.6. The lowest BCUT2D eigenvalue weighted by atomic mass is 10.1. The molecule has 0 amide bonds. The van der Waals surface area contributed by atoms with E-state index in [1.165, 1.54) is 6.33 Å². The van der Waals surface area contributed by atoms with Gasteiger partial charge in [-0.3, -0.25) is 0 Å². The monoisotopic (exact) mass is 253 g/mol. The SMILES string of the molecule is CNC(Cc1cc(OC)ncn1)C1COCCO1. The van der Waals surface area contributed by atoms with Gasteiger partial charge in [0, 0.05) is 24.2 Å². The molecule has 1 aromatic heterocycles. The number of hydrogen-bond donors (Lipinski definition) is 1. The molecular formula is C12H19N3O3. The van der Waals surface area contributed by atoms with E-state index in [9.17, 15) is 0 Å². The van der Waals surface area contributed by atoms with Gasteiger partial charge in [-0.1, -0.05) is 0 Å². The van der Waals surface area contributed by atoms with E-state index in [2.05, 4.69) is 15.3 Å². The fourth-order valence-corrected chi connectivity index (χ4v) is 1.98. The lowest BCUT2D eigenvalue weighted by Crippen LogP contribution is -2.46. The van der Waals surface area contributed by atoms with Crippen molar-refractivity contribution in [3.63, 3.8) is 0 Å². The van der Waals surface area contributed by atoms with Crippen LogP contribution in [-0.4, -0.2) is 56.1 Å². The molecule has 0 spiro atoms. The average molecular weight is 253 g/mol. The average Bonchev–Trinajstić information content (AvgIpc) is 2.46. The summed E-state index contributed by atoms with van der Waals surface area (Å²) in [6, 6.07) is 2.01. The Morgan fingerprint density at radius 1 is 1.50 bits per heavy atom. The van der Waals surface area contributed by atoms with Gasteiger partial charge in [0.15, 0.2) is 0 Å². The summed E-state index contributed by atoms with van der Waals surface area (Å²) in [5.41, 5.74) is 0.926. The number of likely N-dealkylation sites (N-methyl/N-ethyl adjacent to an activating group) is 1. The van der Waals surface area contributed by atoms with E-state index in [1.807, 2.05) is 13.1 Å². The Morgan fingerprint density at radius 2 is 2.39 bits per heavy atom. The van der Waals surface area contributed by atoms with E-state index < -0.39 is 0 Å². The van der Waals surface area contributed by atoms with Crippen LogP contribution < -0.4 is 10.1 Å². The van der Waals surface area contributed by atoms with Crippen molar-refractivity contribution in [2.45, 2.75) is 18.6 Å². The van der Waals surface area contributed by atoms with Gasteiger partial charge in [-0.25, -0.2) is 9.97 Å². The Labute approximate surface area is 107 Å². The van der Waals surface area contributed by atoms with Gasteiger partial charge in [-0.2, -0.15) is 0 Å². The van der Waals surface area contributed by atoms with Gasteiger partial charge >= 0.3 is 0 Å². The van der Waals surface area contributed by atoms with E-state index in [0.29, 0.717) is 25.7 Å². The molecule has 18 heavy (non-hydrogen) atoms. The molecule has 100 valence electrons. The van der Waals surface area contributed by atoms with Crippen LogP contribution in [0.2, 0.25) is 0 Å². The lowest BCUT2D eigenvalue weighted by molar-refractivity contribution is -0.100. The predicted octanol–water partition coefficient (Wildman–Crippen LogP) is 0.0311. The fourth-order valence-electron chi connectivity index (χ4n) is 1.98. The van der Waals surface area contributed by atoms with Crippen molar-refractivity contribution in [3.8, 4) is 5.88 Å². The number of nitrogens with one attached hydrogen (secondary N) is 1. The van der Waals surface area contributed by atoms with Crippen molar-refractivity contribution in [1.29, 1.82) is 0 Å². The third-order valence-electron chi connectivity index (χ3n) is 3.00. The highest BCUT2D eigenvalue weighted by Crippen LogP contribution is 2.12. The molecule has 2 unspecified atom stereocenters. The first-order valence-corrected chi connectivity index (χ1v) is 6.05. The fraction of sp³-hybridized carbons (Fsp3) is 0.667. The molecule has 1 aliphatic rings. The summed E-state index contributed by atoms with van der Waals surface area (Å²) < 4.78 is 16.2. The minimum atomic E-state index is 0.0599. The second-order valence-electron chi connectivity index (χ2n) is 4.14. The standard InChI is InChI=1S/C12H19N3O3/c1-13-10(11-7-17-3-4-18-11)5-9-6-12(16-2)15-8-14-9/h6,8,10-11,13H,3-5,7H2,1-2H3. The molecule has 0 bridgehead atoms. The molecule has 0 aliphatic carbocycles. The molecule has 6 heteroatoms. The summed E-state index contributed by atoms with van der Waals surface area (Å²) in [6.07, 6.45) is 2.33. The van der Waals surface area contributed by atoms with Crippen LogP contribution in [0.1, 0.15) is 5.69 Å². The smallest absolute Gasteiger partial charge is 0.216 e. The lowest BCUT2D eigenvalue weighted by Gasteiger charge is -2.30. The maximum atomic E-state index is 5.70. The summed E-state index contributed by atoms with van der Waals surface area (Å²) in [6.45, 7) is 1.94. The highest BCUT2D eigenvalue weighted by molar-refractivity contribution is 5.14. The molecule has 2 heterocycles. The van der Waals surface area contributed by atoms with Crippen molar-refractivity contribution >= 4 is 0 Å². The molecule has 1 aromatic rings. The zero-order valence-corrected chi connectivity index (χ0v) is 10.8. The Kier molecular flexibility index (Phi) is 4.86. The Hall–Kier alpha value is -1.24. The van der Waals surface area contributed by atoms with Crippen molar-refractivity contribution in [2.24, 2.45) is 0 Å². The highest BCUT2D eigenvalue weighted by Gasteiger charge is 2.24. The molecule has 1 N–H and O–H groups in total. The molecular weight excluding hydrogens is 234 g/mol. The highest BCUT2D eigenvalue weighted by atomic mass is 16.6. The van der Waals surface area contributed by atoms with E-state index in [4.69, 9.17) is 14.2 Å². The summed E-state index contributed by atoms with van der Waals surface area (Å²) >= 11 is 0. The molecule has 1 aliphatic heterocycles. The van der Waals surface area contributed by atoms with Gasteiger partial charge in [-0.15, -0.1) is 0 Å². The largest absolute Gasteiger partial charge is 0.481 e. The van der Waals surface area contributed by atoms with E-state index in [0.717, 1.165) is 12.1 Å². The maximum Gasteiger partial charge on any atom is 0.216 e. The Balaban J connectivity index is 1.99. The van der Waals surface area contributed by atoms with Gasteiger partial charge in [-0.05, 0) is 7.05 Å². The topological polar surface area (TPSA) is 65.5 Å². The van der Waals surface area contributed by atoms with Crippen LogP contribution in [0.3, 0.4) is 0 Å². The van der Waals surface area contributed by atoms with Crippen LogP contribution in [-0.2, 0) is 15.9 Å². The number of rotatable bonds is 5. The van der Waals surface area contributed by atoms with E-state index in [-0.39, 0.29) is 12.1 Å². The number of nitrogens with zero attached hydrogens (tertiary/aromatic N) is 2. The van der Waals surface area contributed by atoms with Crippen LogP contribution in [0.15, 0.2) is 12.4 Å². The van der Waals surface area contributed by atoms with E-state index >= 15 is 0 Å². The summed E-state index contributed by atoms with van der Waals surface area (Å²) in [4.78, 5) is 8.24. The minimum absolute atomic E-state index is 0.0599. The quantitative estimate of drug-likeness (QED) is 0.798. The van der Waals surface area contributed by atoms with Crippen LogP contribution >= 0.6 is 0 Å². The van der Waals surface area contributed by atoms with Gasteiger partial charge < -0.3 is 19.5 Å². The molecule has 1 saturated heterocycles. The van der Waals surface area contributed by atoms with Crippen LogP contribution in [0.25, 0.3) is 0 Å². The van der Waals surface area contributed by atoms with Crippen molar-refractivity contribution in [1.82, 2.24) is 15.3 Å². The van der Waals surface area contributed by atoms with Crippen LogP contribution in [0.4, 0.5) is 0 Å². The second-order valence-corrected chi connectivity index (χ2v) is 4.14. The third kappa shape index (κ3) is 3.38. The Bertz CT molecular complexity index is 369. The zero-order valence-electron chi connectivity index (χ0n) is 10.8. The first kappa shape index (κ1) is 13.2. The number of methoxy groups -OCH3 is 1. The molecule has 0 radical (unpaired) electrons. The molecule has 0 saturated carbocycles. The van der Waals surface area contributed by atoms with Gasteiger partial charge in [0.2, 0.25) is 5.88 Å². The second kappa shape index (κ2) is 6.63.